The standard InChI is InChI=1S/C9H9IO/c1-11-7-6-8-4-2-3-5-9(8)10/h2-7H,1H3. The number of ether oxygens (including phenoxy) is 1. The van der Waals surface area contributed by atoms with Crippen molar-refractivity contribution in [3.63, 3.8) is 0 Å². The number of hydrogen-bond donors (Lipinski definition) is 0. The van der Waals surface area contributed by atoms with Crippen LogP contribution in [0.1, 0.15) is 5.56 Å². The zero-order chi connectivity index (χ0) is 8.10. The zero-order valence-corrected chi connectivity index (χ0v) is 8.41. The fourth-order valence-electron chi connectivity index (χ4n) is 0.752. The fourth-order valence-corrected chi connectivity index (χ4v) is 1.32. The van der Waals surface area contributed by atoms with Gasteiger partial charge in [0.05, 0.1) is 13.4 Å². The lowest BCUT2D eigenvalue weighted by Gasteiger charge is -1.95. The first-order chi connectivity index (χ1) is 5.34. The van der Waals surface area contributed by atoms with Crippen molar-refractivity contribution in [1.29, 1.82) is 0 Å². The van der Waals surface area contributed by atoms with Gasteiger partial charge >= 0.3 is 0 Å². The van der Waals surface area contributed by atoms with E-state index in [0.29, 0.717) is 0 Å². The molecular weight excluding hydrogens is 251 g/mol. The summed E-state index contributed by atoms with van der Waals surface area (Å²) in [5.41, 5.74) is 1.19. The fraction of sp³-hybridized carbons (Fsp3) is 0.111. The van der Waals surface area contributed by atoms with Crippen LogP contribution < -0.4 is 0 Å². The second-order valence-electron chi connectivity index (χ2n) is 2.06. The second-order valence-corrected chi connectivity index (χ2v) is 3.22. The minimum atomic E-state index is 1.19. The summed E-state index contributed by atoms with van der Waals surface area (Å²) in [7, 11) is 1.65. The summed E-state index contributed by atoms with van der Waals surface area (Å²) in [6.45, 7) is 0. The lowest BCUT2D eigenvalue weighted by molar-refractivity contribution is 0.341. The molecule has 0 fully saturated rings. The molecule has 2 heteroatoms. The van der Waals surface area contributed by atoms with Crippen LogP contribution in [0, 0.1) is 3.57 Å². The highest BCUT2D eigenvalue weighted by Crippen LogP contribution is 2.12. The van der Waals surface area contributed by atoms with Crippen LogP contribution >= 0.6 is 22.6 Å². The van der Waals surface area contributed by atoms with Gasteiger partial charge in [-0.1, -0.05) is 18.2 Å². The highest BCUT2D eigenvalue weighted by Gasteiger charge is 1.90. The monoisotopic (exact) mass is 260 g/mol. The SMILES string of the molecule is COC=Cc1ccccc1I. The van der Waals surface area contributed by atoms with E-state index in [1.807, 2.05) is 18.2 Å². The summed E-state index contributed by atoms with van der Waals surface area (Å²) in [4.78, 5) is 0. The molecule has 0 aliphatic rings. The predicted molar refractivity (Wildman–Crippen MR) is 55.2 cm³/mol. The molecular formula is C9H9IO. The van der Waals surface area contributed by atoms with Gasteiger partial charge in [-0.05, 0) is 40.3 Å². The Morgan fingerprint density at radius 2 is 2.09 bits per heavy atom. The van der Waals surface area contributed by atoms with Crippen LogP contribution in [0.5, 0.6) is 0 Å². The Morgan fingerprint density at radius 3 is 2.73 bits per heavy atom. The van der Waals surface area contributed by atoms with Crippen molar-refractivity contribution in [3.8, 4) is 0 Å². The van der Waals surface area contributed by atoms with Crippen LogP contribution in [0.4, 0.5) is 0 Å². The largest absolute Gasteiger partial charge is 0.504 e. The number of hydrogen-bond acceptors (Lipinski definition) is 1. The first kappa shape index (κ1) is 8.59. The Balaban J connectivity index is 2.86. The van der Waals surface area contributed by atoms with Gasteiger partial charge in [-0.2, -0.15) is 0 Å². The normalized spacial score (nSPS) is 10.4. The summed E-state index contributed by atoms with van der Waals surface area (Å²) in [6, 6.07) is 8.15. The van der Waals surface area contributed by atoms with E-state index >= 15 is 0 Å². The molecule has 0 heterocycles. The van der Waals surface area contributed by atoms with Crippen molar-refractivity contribution in [2.75, 3.05) is 7.11 Å². The molecule has 1 aromatic rings. The molecule has 0 aliphatic carbocycles. The van der Waals surface area contributed by atoms with Gasteiger partial charge in [0.25, 0.3) is 0 Å². The summed E-state index contributed by atoms with van der Waals surface area (Å²) >= 11 is 2.29. The maximum absolute atomic E-state index is 4.82. The van der Waals surface area contributed by atoms with Crippen molar-refractivity contribution < 1.29 is 4.74 Å². The second kappa shape index (κ2) is 4.38. The minimum absolute atomic E-state index is 1.19. The van der Waals surface area contributed by atoms with Gasteiger partial charge in [0.1, 0.15) is 0 Å². The summed E-state index contributed by atoms with van der Waals surface area (Å²) in [5, 5.41) is 0. The van der Waals surface area contributed by atoms with Crippen LogP contribution in [0.25, 0.3) is 6.08 Å². The van der Waals surface area contributed by atoms with Gasteiger partial charge in [-0.15, -0.1) is 0 Å². The lowest BCUT2D eigenvalue weighted by atomic mass is 10.2. The maximum atomic E-state index is 4.82. The van der Waals surface area contributed by atoms with Crippen LogP contribution in [0.2, 0.25) is 0 Å². The molecule has 0 amide bonds. The number of halogens is 1. The number of benzene rings is 1. The van der Waals surface area contributed by atoms with Gasteiger partial charge in [0, 0.05) is 3.57 Å². The van der Waals surface area contributed by atoms with Crippen LogP contribution in [0.15, 0.2) is 30.5 Å². The Kier molecular flexibility index (Phi) is 3.42. The van der Waals surface area contributed by atoms with Gasteiger partial charge in [-0.3, -0.25) is 0 Å². The van der Waals surface area contributed by atoms with Crippen molar-refractivity contribution in [2.45, 2.75) is 0 Å². The molecule has 11 heavy (non-hydrogen) atoms. The molecule has 0 saturated carbocycles. The first-order valence-electron chi connectivity index (χ1n) is 3.28. The third kappa shape index (κ3) is 2.54. The van der Waals surface area contributed by atoms with E-state index in [-0.39, 0.29) is 0 Å². The Labute approximate surface area is 80.2 Å². The minimum Gasteiger partial charge on any atom is -0.504 e. The Bertz CT molecular complexity index is 255. The van der Waals surface area contributed by atoms with E-state index in [2.05, 4.69) is 34.7 Å². The molecule has 0 aromatic heterocycles. The summed E-state index contributed by atoms with van der Waals surface area (Å²) < 4.78 is 6.05. The van der Waals surface area contributed by atoms with Gasteiger partial charge < -0.3 is 4.74 Å². The first-order valence-corrected chi connectivity index (χ1v) is 4.36. The van der Waals surface area contributed by atoms with E-state index in [0.717, 1.165) is 0 Å². The highest BCUT2D eigenvalue weighted by molar-refractivity contribution is 14.1. The van der Waals surface area contributed by atoms with Crippen LogP contribution in [-0.2, 0) is 4.74 Å². The van der Waals surface area contributed by atoms with Crippen molar-refractivity contribution in [3.05, 3.63) is 39.7 Å². The average Bonchev–Trinajstić information content (AvgIpc) is 2.03. The number of rotatable bonds is 2. The van der Waals surface area contributed by atoms with Crippen molar-refractivity contribution in [1.82, 2.24) is 0 Å². The summed E-state index contributed by atoms with van der Waals surface area (Å²) in [6.07, 6.45) is 3.62. The smallest absolute Gasteiger partial charge is 0.0830 e. The van der Waals surface area contributed by atoms with Gasteiger partial charge in [0.2, 0.25) is 0 Å². The maximum Gasteiger partial charge on any atom is 0.0830 e. The summed E-state index contributed by atoms with van der Waals surface area (Å²) in [5.74, 6) is 0. The molecule has 0 radical (unpaired) electrons. The Morgan fingerprint density at radius 1 is 1.36 bits per heavy atom. The van der Waals surface area contributed by atoms with E-state index in [1.165, 1.54) is 9.13 Å². The molecule has 0 saturated heterocycles. The lowest BCUT2D eigenvalue weighted by Crippen LogP contribution is -1.77. The zero-order valence-electron chi connectivity index (χ0n) is 6.25. The molecule has 0 atom stereocenters. The third-order valence-corrected chi connectivity index (χ3v) is 2.27. The molecule has 0 unspecified atom stereocenters. The molecule has 0 spiro atoms. The van der Waals surface area contributed by atoms with Crippen LogP contribution in [0.3, 0.4) is 0 Å². The van der Waals surface area contributed by atoms with E-state index in [4.69, 9.17) is 4.74 Å². The topological polar surface area (TPSA) is 9.23 Å². The predicted octanol–water partition coefficient (Wildman–Crippen LogP) is 2.91. The molecule has 1 aromatic carbocycles. The van der Waals surface area contributed by atoms with Gasteiger partial charge in [-0.25, -0.2) is 0 Å². The molecule has 0 bridgehead atoms. The average molecular weight is 260 g/mol. The van der Waals surface area contributed by atoms with Crippen LogP contribution in [-0.4, -0.2) is 7.11 Å². The molecule has 1 nitrogen and oxygen atoms in total. The van der Waals surface area contributed by atoms with E-state index in [1.54, 1.807) is 13.4 Å². The third-order valence-electron chi connectivity index (χ3n) is 1.29. The van der Waals surface area contributed by atoms with Gasteiger partial charge in [0.15, 0.2) is 0 Å². The molecule has 0 aliphatic heterocycles. The number of methoxy groups -OCH3 is 1. The molecule has 0 N–H and O–H groups in total. The highest BCUT2D eigenvalue weighted by atomic mass is 127. The quantitative estimate of drug-likeness (QED) is 0.586. The van der Waals surface area contributed by atoms with E-state index in [9.17, 15) is 0 Å². The Hall–Kier alpha value is -0.510. The molecule has 58 valence electrons. The molecule has 1 rings (SSSR count). The van der Waals surface area contributed by atoms with Crippen molar-refractivity contribution in [2.24, 2.45) is 0 Å². The van der Waals surface area contributed by atoms with E-state index < -0.39 is 0 Å². The van der Waals surface area contributed by atoms with Crippen molar-refractivity contribution >= 4 is 28.7 Å².